The van der Waals surface area contributed by atoms with Gasteiger partial charge in [-0.25, -0.2) is 0 Å². The van der Waals surface area contributed by atoms with Gasteiger partial charge < -0.3 is 5.32 Å². The summed E-state index contributed by atoms with van der Waals surface area (Å²) in [6.45, 7) is 4.92. The maximum atomic E-state index is 3.74. The standard InChI is InChI=1S/C12H22N2S/c1-9-6-13-12(10-2-3-10)7-14(9)11-4-5-15-8-11/h9-13H,2-8H2,1H3. The summed E-state index contributed by atoms with van der Waals surface area (Å²) in [6.07, 6.45) is 4.37. The first-order valence-corrected chi connectivity index (χ1v) is 7.57. The predicted molar refractivity (Wildman–Crippen MR) is 66.4 cm³/mol. The molecule has 0 spiro atoms. The summed E-state index contributed by atoms with van der Waals surface area (Å²) in [5.74, 6) is 3.77. The van der Waals surface area contributed by atoms with E-state index in [9.17, 15) is 0 Å². The highest BCUT2D eigenvalue weighted by Crippen LogP contribution is 2.35. The molecule has 1 aliphatic carbocycles. The average molecular weight is 226 g/mol. The lowest BCUT2D eigenvalue weighted by atomic mass is 10.0. The Labute approximate surface area is 97.2 Å². The summed E-state index contributed by atoms with van der Waals surface area (Å²) in [5, 5.41) is 3.74. The molecular formula is C12H22N2S. The topological polar surface area (TPSA) is 15.3 Å². The van der Waals surface area contributed by atoms with E-state index in [1.54, 1.807) is 0 Å². The van der Waals surface area contributed by atoms with Crippen LogP contribution in [0.15, 0.2) is 0 Å². The van der Waals surface area contributed by atoms with Gasteiger partial charge in [-0.05, 0) is 37.9 Å². The molecule has 3 rings (SSSR count). The molecule has 2 saturated heterocycles. The van der Waals surface area contributed by atoms with Gasteiger partial charge in [0.1, 0.15) is 0 Å². The Morgan fingerprint density at radius 1 is 1.27 bits per heavy atom. The summed E-state index contributed by atoms with van der Waals surface area (Å²) in [5.41, 5.74) is 0. The van der Waals surface area contributed by atoms with Gasteiger partial charge >= 0.3 is 0 Å². The fourth-order valence-electron chi connectivity index (χ4n) is 3.02. The molecule has 86 valence electrons. The van der Waals surface area contributed by atoms with E-state index in [0.29, 0.717) is 0 Å². The molecule has 0 aromatic rings. The van der Waals surface area contributed by atoms with Gasteiger partial charge in [-0.3, -0.25) is 4.90 Å². The number of hydrogen-bond acceptors (Lipinski definition) is 3. The number of piperazine rings is 1. The van der Waals surface area contributed by atoms with E-state index >= 15 is 0 Å². The molecule has 1 saturated carbocycles. The monoisotopic (exact) mass is 226 g/mol. The molecule has 3 unspecified atom stereocenters. The van der Waals surface area contributed by atoms with E-state index in [-0.39, 0.29) is 0 Å². The van der Waals surface area contributed by atoms with Gasteiger partial charge in [0.05, 0.1) is 0 Å². The van der Waals surface area contributed by atoms with E-state index in [1.807, 2.05) is 0 Å². The molecule has 15 heavy (non-hydrogen) atoms. The average Bonchev–Trinajstić information content (AvgIpc) is 2.95. The second-order valence-corrected chi connectivity index (χ2v) is 6.57. The molecule has 0 aromatic carbocycles. The molecule has 3 heteroatoms. The Kier molecular flexibility index (Phi) is 2.97. The molecule has 3 fully saturated rings. The van der Waals surface area contributed by atoms with Crippen molar-refractivity contribution in [2.75, 3.05) is 24.6 Å². The Morgan fingerprint density at radius 3 is 2.80 bits per heavy atom. The highest BCUT2D eigenvalue weighted by Gasteiger charge is 2.38. The number of nitrogens with one attached hydrogen (secondary N) is 1. The molecular weight excluding hydrogens is 204 g/mol. The lowest BCUT2D eigenvalue weighted by Crippen LogP contribution is -2.59. The first kappa shape index (κ1) is 10.4. The van der Waals surface area contributed by atoms with Crippen LogP contribution >= 0.6 is 11.8 Å². The van der Waals surface area contributed by atoms with Crippen LogP contribution in [0.1, 0.15) is 26.2 Å². The highest BCUT2D eigenvalue weighted by atomic mass is 32.2. The third kappa shape index (κ3) is 2.20. The molecule has 2 aliphatic heterocycles. The lowest BCUT2D eigenvalue weighted by Gasteiger charge is -2.42. The minimum absolute atomic E-state index is 0.753. The minimum atomic E-state index is 0.753. The molecule has 0 bridgehead atoms. The zero-order valence-electron chi connectivity index (χ0n) is 9.61. The maximum absolute atomic E-state index is 3.74. The van der Waals surface area contributed by atoms with Gasteiger partial charge in [0.25, 0.3) is 0 Å². The molecule has 3 aliphatic rings. The zero-order chi connectivity index (χ0) is 10.3. The van der Waals surface area contributed by atoms with Crippen LogP contribution in [0.3, 0.4) is 0 Å². The van der Waals surface area contributed by atoms with Gasteiger partial charge in [-0.15, -0.1) is 0 Å². The Bertz CT molecular complexity index is 224. The first-order valence-electron chi connectivity index (χ1n) is 6.41. The van der Waals surface area contributed by atoms with E-state index in [2.05, 4.69) is 28.9 Å². The van der Waals surface area contributed by atoms with Crippen molar-refractivity contribution >= 4 is 11.8 Å². The van der Waals surface area contributed by atoms with Crippen LogP contribution in [0.25, 0.3) is 0 Å². The minimum Gasteiger partial charge on any atom is -0.311 e. The van der Waals surface area contributed by atoms with Crippen LogP contribution in [0.5, 0.6) is 0 Å². The van der Waals surface area contributed by atoms with Gasteiger partial charge in [-0.1, -0.05) is 0 Å². The highest BCUT2D eigenvalue weighted by molar-refractivity contribution is 7.99. The van der Waals surface area contributed by atoms with E-state index in [0.717, 1.165) is 24.0 Å². The van der Waals surface area contributed by atoms with Crippen molar-refractivity contribution in [3.63, 3.8) is 0 Å². The van der Waals surface area contributed by atoms with Crippen molar-refractivity contribution in [1.82, 2.24) is 10.2 Å². The SMILES string of the molecule is CC1CNC(C2CC2)CN1C1CCSC1. The molecule has 0 aromatic heterocycles. The van der Waals surface area contributed by atoms with Crippen molar-refractivity contribution in [3.05, 3.63) is 0 Å². The van der Waals surface area contributed by atoms with Gasteiger partial charge in [0.2, 0.25) is 0 Å². The van der Waals surface area contributed by atoms with Gasteiger partial charge in [-0.2, -0.15) is 11.8 Å². The van der Waals surface area contributed by atoms with Crippen LogP contribution in [0.4, 0.5) is 0 Å². The van der Waals surface area contributed by atoms with Crippen LogP contribution in [0, 0.1) is 5.92 Å². The van der Waals surface area contributed by atoms with Gasteiger partial charge in [0.15, 0.2) is 0 Å². The van der Waals surface area contributed by atoms with Crippen molar-refractivity contribution in [3.8, 4) is 0 Å². The number of rotatable bonds is 2. The molecule has 0 radical (unpaired) electrons. The largest absolute Gasteiger partial charge is 0.311 e. The molecule has 0 amide bonds. The van der Waals surface area contributed by atoms with E-state index in [4.69, 9.17) is 0 Å². The van der Waals surface area contributed by atoms with Crippen molar-refractivity contribution in [2.45, 2.75) is 44.3 Å². The third-order valence-electron chi connectivity index (χ3n) is 4.21. The Morgan fingerprint density at radius 2 is 2.13 bits per heavy atom. The van der Waals surface area contributed by atoms with Crippen molar-refractivity contribution in [1.29, 1.82) is 0 Å². The Hall–Kier alpha value is 0.270. The van der Waals surface area contributed by atoms with Crippen LogP contribution in [-0.4, -0.2) is 47.6 Å². The Balaban J connectivity index is 1.63. The molecule has 2 nitrogen and oxygen atoms in total. The fourth-order valence-corrected chi connectivity index (χ4v) is 4.25. The fraction of sp³-hybridized carbons (Fsp3) is 1.00. The summed E-state index contributed by atoms with van der Waals surface area (Å²) in [7, 11) is 0. The summed E-state index contributed by atoms with van der Waals surface area (Å²) >= 11 is 2.14. The van der Waals surface area contributed by atoms with E-state index in [1.165, 1.54) is 43.9 Å². The second-order valence-electron chi connectivity index (χ2n) is 5.42. The van der Waals surface area contributed by atoms with E-state index < -0.39 is 0 Å². The summed E-state index contributed by atoms with van der Waals surface area (Å²) in [6, 6.07) is 2.45. The van der Waals surface area contributed by atoms with Crippen LogP contribution in [0.2, 0.25) is 0 Å². The quantitative estimate of drug-likeness (QED) is 0.769. The van der Waals surface area contributed by atoms with Gasteiger partial charge in [0, 0.05) is 37.0 Å². The lowest BCUT2D eigenvalue weighted by molar-refractivity contribution is 0.0956. The normalized spacial score (nSPS) is 43.4. The molecule has 2 heterocycles. The number of nitrogens with zero attached hydrogens (tertiary/aromatic N) is 1. The first-order chi connectivity index (χ1) is 7.34. The number of hydrogen-bond donors (Lipinski definition) is 1. The second kappa shape index (κ2) is 4.27. The summed E-state index contributed by atoms with van der Waals surface area (Å²) < 4.78 is 0. The summed E-state index contributed by atoms with van der Waals surface area (Å²) in [4.78, 5) is 2.79. The van der Waals surface area contributed by atoms with Crippen molar-refractivity contribution in [2.24, 2.45) is 5.92 Å². The smallest absolute Gasteiger partial charge is 0.0224 e. The zero-order valence-corrected chi connectivity index (χ0v) is 10.4. The maximum Gasteiger partial charge on any atom is 0.0224 e. The molecule has 3 atom stereocenters. The van der Waals surface area contributed by atoms with Crippen molar-refractivity contribution < 1.29 is 0 Å². The van der Waals surface area contributed by atoms with Crippen LogP contribution < -0.4 is 5.32 Å². The van der Waals surface area contributed by atoms with Crippen LogP contribution in [-0.2, 0) is 0 Å². The number of thioether (sulfide) groups is 1. The molecule has 1 N–H and O–H groups in total. The predicted octanol–water partition coefficient (Wildman–Crippen LogP) is 1.56. The third-order valence-corrected chi connectivity index (χ3v) is 5.36.